The van der Waals surface area contributed by atoms with Crippen LogP contribution in [0.1, 0.15) is 0 Å². The molecule has 0 aromatic rings. The van der Waals surface area contributed by atoms with Crippen LogP contribution >= 0.6 is 0 Å². The standard InChI is InChI=1S/2Ag.H2O3S/c;;1-4(2)3/h;;(H2,1,2,3). The Kier molecular flexibility index (Phi) is 25.4. The molecular weight excluding hydrogens is 296 g/mol. The van der Waals surface area contributed by atoms with E-state index in [0.717, 1.165) is 0 Å². The van der Waals surface area contributed by atoms with Crippen molar-refractivity contribution in [2.24, 2.45) is 0 Å². The van der Waals surface area contributed by atoms with Crippen LogP contribution in [0.2, 0.25) is 0 Å². The second-order valence-corrected chi connectivity index (χ2v) is 0.692. The minimum absolute atomic E-state index is 0. The van der Waals surface area contributed by atoms with Gasteiger partial charge in [0.15, 0.2) is 0 Å². The third-order valence-corrected chi connectivity index (χ3v) is 0. The number of hydrogen-bond donors (Lipinski definition) is 2. The first-order valence-corrected chi connectivity index (χ1v) is 1.60. The van der Waals surface area contributed by atoms with Crippen LogP contribution in [0.3, 0.4) is 0 Å². The van der Waals surface area contributed by atoms with Crippen molar-refractivity contribution < 1.29 is 58.1 Å². The van der Waals surface area contributed by atoms with Gasteiger partial charge in [-0.25, -0.2) is 0 Å². The van der Waals surface area contributed by atoms with Crippen LogP contribution in [0.25, 0.3) is 0 Å². The molecule has 0 fully saturated rings. The second kappa shape index (κ2) is 9.75. The Morgan fingerprint density at radius 2 is 1.17 bits per heavy atom. The first-order valence-electron chi connectivity index (χ1n) is 0.532. The zero-order chi connectivity index (χ0) is 3.58. The van der Waals surface area contributed by atoms with E-state index in [2.05, 4.69) is 0 Å². The van der Waals surface area contributed by atoms with E-state index in [-0.39, 0.29) is 44.8 Å². The van der Waals surface area contributed by atoms with Crippen LogP contribution in [0.5, 0.6) is 0 Å². The summed E-state index contributed by atoms with van der Waals surface area (Å²) in [6.07, 6.45) is 0. The van der Waals surface area contributed by atoms with Crippen molar-refractivity contribution in [2.75, 3.05) is 0 Å². The molecule has 2 N–H and O–H groups in total. The molecule has 0 amide bonds. The Labute approximate surface area is 69.0 Å². The molecule has 2 radical (unpaired) electrons. The number of rotatable bonds is 0. The van der Waals surface area contributed by atoms with Crippen molar-refractivity contribution in [3.63, 3.8) is 0 Å². The quantitative estimate of drug-likeness (QED) is 0.476. The van der Waals surface area contributed by atoms with E-state index in [1.165, 1.54) is 0 Å². The van der Waals surface area contributed by atoms with E-state index in [4.69, 9.17) is 13.3 Å². The predicted octanol–water partition coefficient (Wildman–Crippen LogP) is -0.324. The fourth-order valence-electron chi connectivity index (χ4n) is 0. The van der Waals surface area contributed by atoms with Crippen LogP contribution in [-0.4, -0.2) is 13.3 Å². The van der Waals surface area contributed by atoms with Gasteiger partial charge in [0.2, 0.25) is 0 Å². The van der Waals surface area contributed by atoms with Gasteiger partial charge in [0.1, 0.15) is 0 Å². The molecule has 0 atom stereocenters. The fourth-order valence-corrected chi connectivity index (χ4v) is 0. The zero-order valence-electron chi connectivity index (χ0n) is 2.31. The van der Waals surface area contributed by atoms with Gasteiger partial charge in [-0.2, -0.15) is 4.21 Å². The molecule has 0 saturated heterocycles. The molecule has 48 valence electrons. The van der Waals surface area contributed by atoms with Crippen molar-refractivity contribution in [1.82, 2.24) is 0 Å². The molecule has 0 aromatic heterocycles. The maximum atomic E-state index is 8.67. The summed E-state index contributed by atoms with van der Waals surface area (Å²) in [5, 5.41) is 0. The van der Waals surface area contributed by atoms with Gasteiger partial charge in [-0.3, -0.25) is 9.11 Å². The van der Waals surface area contributed by atoms with E-state index >= 15 is 0 Å². The summed E-state index contributed by atoms with van der Waals surface area (Å²) in [6, 6.07) is 0. The third kappa shape index (κ3) is 47.8. The molecule has 0 aromatic carbocycles. The van der Waals surface area contributed by atoms with Gasteiger partial charge in [-0.05, 0) is 0 Å². The van der Waals surface area contributed by atoms with Crippen LogP contribution in [0, 0.1) is 0 Å². The smallest absolute Gasteiger partial charge is 0.284 e. The maximum absolute atomic E-state index is 8.67. The summed E-state index contributed by atoms with van der Waals surface area (Å²) in [5.41, 5.74) is 0. The minimum Gasteiger partial charge on any atom is -0.284 e. The first kappa shape index (κ1) is 15.6. The average Bonchev–Trinajstić information content (AvgIpc) is 0.811. The Bertz CT molecular complexity index is 31.8. The van der Waals surface area contributed by atoms with E-state index in [1.54, 1.807) is 0 Å². The molecule has 0 aliphatic carbocycles. The SMILES string of the molecule is O=S(O)O.[Ag].[Ag]. The van der Waals surface area contributed by atoms with Crippen LogP contribution < -0.4 is 0 Å². The monoisotopic (exact) mass is 296 g/mol. The Morgan fingerprint density at radius 3 is 1.17 bits per heavy atom. The van der Waals surface area contributed by atoms with Crippen molar-refractivity contribution >= 4 is 11.4 Å². The van der Waals surface area contributed by atoms with Gasteiger partial charge < -0.3 is 0 Å². The molecule has 6 heteroatoms. The van der Waals surface area contributed by atoms with Crippen molar-refractivity contribution in [1.29, 1.82) is 0 Å². The van der Waals surface area contributed by atoms with Crippen molar-refractivity contribution in [2.45, 2.75) is 0 Å². The van der Waals surface area contributed by atoms with Gasteiger partial charge >= 0.3 is 0 Å². The Balaban J connectivity index is -0.0000000450. The first-order chi connectivity index (χ1) is 1.73. The molecule has 0 unspecified atom stereocenters. The van der Waals surface area contributed by atoms with Gasteiger partial charge in [-0.15, -0.1) is 0 Å². The maximum Gasteiger partial charge on any atom is 0.299 e. The van der Waals surface area contributed by atoms with Crippen LogP contribution in [-0.2, 0) is 56.1 Å². The molecule has 3 nitrogen and oxygen atoms in total. The molecular formula is H2Ag2O3S. The molecule has 0 aliphatic rings. The van der Waals surface area contributed by atoms with E-state index in [1.807, 2.05) is 0 Å². The minimum atomic E-state index is -2.61. The summed E-state index contributed by atoms with van der Waals surface area (Å²) >= 11 is -2.61. The topological polar surface area (TPSA) is 57.5 Å². The fraction of sp³-hybridized carbons (Fsp3) is 0. The third-order valence-electron chi connectivity index (χ3n) is 0. The van der Waals surface area contributed by atoms with E-state index < -0.39 is 11.4 Å². The summed E-state index contributed by atoms with van der Waals surface area (Å²) in [4.78, 5) is 0. The normalized spacial score (nSPS) is 5.83. The van der Waals surface area contributed by atoms with Gasteiger partial charge in [-0.1, -0.05) is 0 Å². The molecule has 0 aliphatic heterocycles. The van der Waals surface area contributed by atoms with Gasteiger partial charge in [0.05, 0.1) is 0 Å². The van der Waals surface area contributed by atoms with Gasteiger partial charge in [0, 0.05) is 44.8 Å². The van der Waals surface area contributed by atoms with Gasteiger partial charge in [0.25, 0.3) is 11.4 Å². The molecule has 6 heavy (non-hydrogen) atoms. The molecule has 0 rings (SSSR count). The van der Waals surface area contributed by atoms with Crippen LogP contribution in [0.15, 0.2) is 0 Å². The largest absolute Gasteiger partial charge is 0.299 e. The predicted molar refractivity (Wildman–Crippen MR) is 13.4 cm³/mol. The molecule has 0 heterocycles. The average molecular weight is 298 g/mol. The summed E-state index contributed by atoms with van der Waals surface area (Å²) in [5.74, 6) is 0. The van der Waals surface area contributed by atoms with Crippen molar-refractivity contribution in [3.8, 4) is 0 Å². The second-order valence-electron chi connectivity index (χ2n) is 0.231. The Morgan fingerprint density at radius 1 is 1.17 bits per heavy atom. The summed E-state index contributed by atoms with van der Waals surface area (Å²) < 4.78 is 22.8. The van der Waals surface area contributed by atoms with Crippen LogP contribution in [0.4, 0.5) is 0 Å². The summed E-state index contributed by atoms with van der Waals surface area (Å²) in [7, 11) is 0. The van der Waals surface area contributed by atoms with E-state index in [0.29, 0.717) is 0 Å². The molecule has 0 spiro atoms. The number of hydrogen-bond acceptors (Lipinski definition) is 1. The zero-order valence-corrected chi connectivity index (χ0v) is 6.09. The molecule has 0 bridgehead atoms. The Hall–Kier alpha value is 1.55. The molecule has 0 saturated carbocycles. The van der Waals surface area contributed by atoms with Crippen molar-refractivity contribution in [3.05, 3.63) is 0 Å². The summed E-state index contributed by atoms with van der Waals surface area (Å²) in [6.45, 7) is 0. The van der Waals surface area contributed by atoms with E-state index in [9.17, 15) is 0 Å².